The van der Waals surface area contributed by atoms with Gasteiger partial charge >= 0.3 is 0 Å². The summed E-state index contributed by atoms with van der Waals surface area (Å²) in [5.41, 5.74) is 1.96. The molecule has 2 aromatic heterocycles. The van der Waals surface area contributed by atoms with Crippen molar-refractivity contribution in [3.05, 3.63) is 33.5 Å². The fourth-order valence-electron chi connectivity index (χ4n) is 2.48. The molecule has 2 aromatic rings. The first kappa shape index (κ1) is 14.2. The molecular weight excluding hydrogens is 286 g/mol. The zero-order valence-corrected chi connectivity index (χ0v) is 13.4. The molecule has 112 valence electrons. The average molecular weight is 305 g/mol. The van der Waals surface area contributed by atoms with E-state index in [1.165, 1.54) is 16.2 Å². The molecule has 0 saturated carbocycles. The summed E-state index contributed by atoms with van der Waals surface area (Å²) in [7, 11) is 1.69. The molecule has 0 unspecified atom stereocenters. The Bertz CT molecular complexity index is 706. The zero-order chi connectivity index (χ0) is 15.0. The highest BCUT2D eigenvalue weighted by molar-refractivity contribution is 7.09. The quantitative estimate of drug-likeness (QED) is 0.857. The minimum absolute atomic E-state index is 0.0617. The topological polar surface area (TPSA) is 63.9 Å². The van der Waals surface area contributed by atoms with Crippen molar-refractivity contribution in [2.45, 2.75) is 33.2 Å². The van der Waals surface area contributed by atoms with Gasteiger partial charge in [-0.1, -0.05) is 13.8 Å². The highest BCUT2D eigenvalue weighted by atomic mass is 32.1. The molecule has 1 aliphatic heterocycles. The third kappa shape index (κ3) is 2.97. The molecule has 21 heavy (non-hydrogen) atoms. The first-order chi connectivity index (χ1) is 10.0. The minimum Gasteiger partial charge on any atom is -0.342 e. The van der Waals surface area contributed by atoms with Crippen LogP contribution in [0.5, 0.6) is 0 Å². The molecule has 6 nitrogen and oxygen atoms in total. The predicted octanol–water partition coefficient (Wildman–Crippen LogP) is 1.39. The Morgan fingerprint density at radius 2 is 2.24 bits per heavy atom. The molecule has 1 aliphatic rings. The van der Waals surface area contributed by atoms with Gasteiger partial charge in [0.2, 0.25) is 5.13 Å². The first-order valence-corrected chi connectivity index (χ1v) is 7.94. The molecule has 3 rings (SSSR count). The molecule has 0 N–H and O–H groups in total. The number of hydrogen-bond donors (Lipinski definition) is 0. The normalized spacial score (nSPS) is 14.6. The van der Waals surface area contributed by atoms with Gasteiger partial charge in [0.05, 0.1) is 5.69 Å². The Morgan fingerprint density at radius 1 is 1.43 bits per heavy atom. The van der Waals surface area contributed by atoms with Crippen LogP contribution in [0, 0.1) is 5.92 Å². The van der Waals surface area contributed by atoms with Crippen molar-refractivity contribution in [3.63, 3.8) is 0 Å². The maximum Gasteiger partial charge on any atom is 0.266 e. The van der Waals surface area contributed by atoms with Crippen molar-refractivity contribution >= 4 is 16.7 Å². The van der Waals surface area contributed by atoms with E-state index >= 15 is 0 Å². The van der Waals surface area contributed by atoms with Crippen LogP contribution in [0.25, 0.3) is 0 Å². The molecule has 7 heteroatoms. The van der Waals surface area contributed by atoms with Gasteiger partial charge in [-0.05, 0) is 5.92 Å². The van der Waals surface area contributed by atoms with Crippen LogP contribution in [0.3, 0.4) is 0 Å². The van der Waals surface area contributed by atoms with Crippen molar-refractivity contribution in [1.29, 1.82) is 0 Å². The van der Waals surface area contributed by atoms with Crippen LogP contribution in [-0.2, 0) is 26.4 Å². The molecular formula is C14H19N5OS. The van der Waals surface area contributed by atoms with Gasteiger partial charge in [0.1, 0.15) is 5.82 Å². The lowest BCUT2D eigenvalue weighted by atomic mass is 10.1. The van der Waals surface area contributed by atoms with Gasteiger partial charge in [-0.15, -0.1) is 0 Å². The third-order valence-electron chi connectivity index (χ3n) is 3.56. The molecule has 0 atom stereocenters. The second kappa shape index (κ2) is 5.55. The lowest BCUT2D eigenvalue weighted by Crippen LogP contribution is -2.34. The van der Waals surface area contributed by atoms with Gasteiger partial charge in [-0.3, -0.25) is 4.79 Å². The van der Waals surface area contributed by atoms with Crippen molar-refractivity contribution < 1.29 is 0 Å². The average Bonchev–Trinajstić information content (AvgIpc) is 2.87. The number of aromatic nitrogens is 4. The van der Waals surface area contributed by atoms with Crippen molar-refractivity contribution in [3.8, 4) is 0 Å². The van der Waals surface area contributed by atoms with Crippen molar-refractivity contribution in [2.75, 3.05) is 11.4 Å². The molecule has 3 heterocycles. The van der Waals surface area contributed by atoms with E-state index in [9.17, 15) is 4.79 Å². The lowest BCUT2D eigenvalue weighted by Gasteiger charge is -2.27. The summed E-state index contributed by atoms with van der Waals surface area (Å²) in [5, 5.41) is 5.27. The molecule has 0 aromatic carbocycles. The summed E-state index contributed by atoms with van der Waals surface area (Å²) < 4.78 is 5.83. The van der Waals surface area contributed by atoms with E-state index in [1.807, 2.05) is 0 Å². The molecule has 0 amide bonds. The number of anilines is 1. The third-order valence-corrected chi connectivity index (χ3v) is 4.37. The second-order valence-electron chi connectivity index (χ2n) is 5.84. The Morgan fingerprint density at radius 3 is 3.00 bits per heavy atom. The second-order valence-corrected chi connectivity index (χ2v) is 6.57. The summed E-state index contributed by atoms with van der Waals surface area (Å²) in [6.45, 7) is 5.89. The Balaban J connectivity index is 1.81. The Kier molecular flexibility index (Phi) is 3.75. The van der Waals surface area contributed by atoms with Crippen LogP contribution < -0.4 is 10.5 Å². The smallest absolute Gasteiger partial charge is 0.266 e. The van der Waals surface area contributed by atoms with E-state index in [2.05, 4.69) is 33.2 Å². The fraction of sp³-hybridized carbons (Fsp3) is 0.571. The maximum atomic E-state index is 11.7. The molecule has 0 aliphatic carbocycles. The van der Waals surface area contributed by atoms with E-state index < -0.39 is 0 Å². The SMILES string of the molecule is CC(C)Cc1nsc(N2CCc3nn(C)c(=O)cc3C2)n1. The van der Waals surface area contributed by atoms with Crippen LogP contribution in [-0.4, -0.2) is 25.7 Å². The molecule has 0 fully saturated rings. The molecule has 0 bridgehead atoms. The lowest BCUT2D eigenvalue weighted by molar-refractivity contribution is 0.616. The predicted molar refractivity (Wildman–Crippen MR) is 82.7 cm³/mol. The number of aryl methyl sites for hydroxylation is 1. The largest absolute Gasteiger partial charge is 0.342 e. The molecule has 0 radical (unpaired) electrons. The van der Waals surface area contributed by atoms with Gasteiger partial charge in [-0.2, -0.15) is 9.47 Å². The summed E-state index contributed by atoms with van der Waals surface area (Å²) in [6, 6.07) is 1.69. The summed E-state index contributed by atoms with van der Waals surface area (Å²) in [4.78, 5) is 18.5. The number of fused-ring (bicyclic) bond motifs is 1. The van der Waals surface area contributed by atoms with E-state index in [0.29, 0.717) is 12.5 Å². The van der Waals surface area contributed by atoms with Crippen LogP contribution in [0.1, 0.15) is 30.9 Å². The summed E-state index contributed by atoms with van der Waals surface area (Å²) >= 11 is 1.44. The van der Waals surface area contributed by atoms with Crippen molar-refractivity contribution in [1.82, 2.24) is 19.1 Å². The van der Waals surface area contributed by atoms with Crippen LogP contribution in [0.2, 0.25) is 0 Å². The number of rotatable bonds is 3. The first-order valence-electron chi connectivity index (χ1n) is 7.16. The van der Waals surface area contributed by atoms with Crippen LogP contribution >= 0.6 is 11.5 Å². The van der Waals surface area contributed by atoms with Gasteiger partial charge in [-0.25, -0.2) is 9.67 Å². The van der Waals surface area contributed by atoms with Gasteiger partial charge in [0.15, 0.2) is 0 Å². The highest BCUT2D eigenvalue weighted by Crippen LogP contribution is 2.24. The minimum atomic E-state index is -0.0617. The van der Waals surface area contributed by atoms with Crippen LogP contribution in [0.4, 0.5) is 5.13 Å². The van der Waals surface area contributed by atoms with Crippen LogP contribution in [0.15, 0.2) is 10.9 Å². The molecule has 0 spiro atoms. The Hall–Kier alpha value is -1.76. The van der Waals surface area contributed by atoms with E-state index in [-0.39, 0.29) is 5.56 Å². The Labute approximate surface area is 127 Å². The fourth-order valence-corrected chi connectivity index (χ4v) is 3.20. The van der Waals surface area contributed by atoms with Gasteiger partial charge in [0, 0.05) is 56.1 Å². The number of nitrogens with zero attached hydrogens (tertiary/aromatic N) is 5. The van der Waals surface area contributed by atoms with E-state index in [1.54, 1.807) is 13.1 Å². The maximum absolute atomic E-state index is 11.7. The van der Waals surface area contributed by atoms with Gasteiger partial charge in [0.25, 0.3) is 5.56 Å². The number of hydrogen-bond acceptors (Lipinski definition) is 6. The standard InChI is InChI=1S/C14H19N5OS/c1-9(2)6-12-15-14(21-17-12)19-5-4-11-10(8-19)7-13(20)18(3)16-11/h7,9H,4-6,8H2,1-3H3. The van der Waals surface area contributed by atoms with E-state index in [0.717, 1.165) is 41.6 Å². The highest BCUT2D eigenvalue weighted by Gasteiger charge is 2.21. The monoisotopic (exact) mass is 305 g/mol. The van der Waals surface area contributed by atoms with Crippen molar-refractivity contribution in [2.24, 2.45) is 13.0 Å². The zero-order valence-electron chi connectivity index (χ0n) is 12.5. The van der Waals surface area contributed by atoms with Gasteiger partial charge < -0.3 is 4.90 Å². The van der Waals surface area contributed by atoms with E-state index in [4.69, 9.17) is 0 Å². The molecule has 0 saturated heterocycles. The summed E-state index contributed by atoms with van der Waals surface area (Å²) in [6.07, 6.45) is 1.74. The summed E-state index contributed by atoms with van der Waals surface area (Å²) in [5.74, 6) is 1.47.